The molecule has 6 aromatic rings. The summed E-state index contributed by atoms with van der Waals surface area (Å²) >= 11 is 1.70. The molecule has 0 unspecified atom stereocenters. The van der Waals surface area contributed by atoms with Crippen LogP contribution in [0.4, 0.5) is 5.69 Å². The zero-order chi connectivity index (χ0) is 23.8. The smallest absolute Gasteiger partial charge is 0.214 e. The van der Waals surface area contributed by atoms with Crippen LogP contribution in [0.5, 0.6) is 0 Å². The number of hydrogen-bond donors (Lipinski definition) is 2. The second-order valence-corrected chi connectivity index (χ2v) is 9.76. The summed E-state index contributed by atoms with van der Waals surface area (Å²) in [5, 5.41) is 4.88. The number of thiophene rings is 1. The van der Waals surface area contributed by atoms with Crippen LogP contribution in [0.1, 0.15) is 10.4 Å². The van der Waals surface area contributed by atoms with Crippen LogP contribution in [0, 0.1) is 6.92 Å². The molecule has 2 N–H and O–H groups in total. The molecule has 2 aromatic carbocycles. The largest absolute Gasteiger partial charge is 0.377 e. The molecule has 0 saturated carbocycles. The third-order valence-corrected chi connectivity index (χ3v) is 7.09. The lowest BCUT2D eigenvalue weighted by Crippen LogP contribution is -2.13. The molecule has 0 spiro atoms. The molecule has 0 aliphatic carbocycles. The first-order chi connectivity index (χ1) is 17.2. The van der Waals surface area contributed by atoms with Crippen molar-refractivity contribution in [1.82, 2.24) is 15.0 Å². The molecule has 5 nitrogen and oxygen atoms in total. The third-order valence-electron chi connectivity index (χ3n) is 6.08. The minimum Gasteiger partial charge on any atom is -0.377 e. The summed E-state index contributed by atoms with van der Waals surface area (Å²) in [6.07, 6.45) is 3.51. The van der Waals surface area contributed by atoms with Gasteiger partial charge in [0.2, 0.25) is 5.43 Å². The Kier molecular flexibility index (Phi) is 5.35. The summed E-state index contributed by atoms with van der Waals surface area (Å²) in [7, 11) is 0. The van der Waals surface area contributed by atoms with Crippen molar-refractivity contribution in [2.45, 2.75) is 13.5 Å². The number of H-pyrrole nitrogens is 1. The second-order valence-electron chi connectivity index (χ2n) is 8.47. The summed E-state index contributed by atoms with van der Waals surface area (Å²) in [6, 6.07) is 26.3. The van der Waals surface area contributed by atoms with E-state index in [1.54, 1.807) is 23.7 Å². The van der Waals surface area contributed by atoms with Crippen LogP contribution >= 0.6 is 11.3 Å². The predicted molar refractivity (Wildman–Crippen MR) is 145 cm³/mol. The first-order valence-electron chi connectivity index (χ1n) is 11.4. The lowest BCUT2D eigenvalue weighted by atomic mass is 9.99. The van der Waals surface area contributed by atoms with E-state index in [0.29, 0.717) is 23.3 Å². The van der Waals surface area contributed by atoms with Crippen molar-refractivity contribution in [3.05, 3.63) is 112 Å². The Hall–Kier alpha value is -4.29. The van der Waals surface area contributed by atoms with Gasteiger partial charge in [0.25, 0.3) is 0 Å². The Morgan fingerprint density at radius 2 is 1.86 bits per heavy atom. The number of hydrogen-bond acceptors (Lipinski definition) is 5. The van der Waals surface area contributed by atoms with E-state index in [4.69, 9.17) is 4.98 Å². The quantitative estimate of drug-likeness (QED) is 0.289. The molecule has 0 radical (unpaired) electrons. The summed E-state index contributed by atoms with van der Waals surface area (Å²) in [5.74, 6) is 0. The van der Waals surface area contributed by atoms with Crippen molar-refractivity contribution in [3.63, 3.8) is 0 Å². The highest BCUT2D eigenvalue weighted by Crippen LogP contribution is 2.37. The van der Waals surface area contributed by atoms with E-state index in [1.165, 1.54) is 4.88 Å². The number of pyridine rings is 3. The maximum absolute atomic E-state index is 13.5. The van der Waals surface area contributed by atoms with Gasteiger partial charge in [-0.25, -0.2) is 4.98 Å². The number of aromatic amines is 1. The average molecular weight is 475 g/mol. The second kappa shape index (κ2) is 8.81. The van der Waals surface area contributed by atoms with Gasteiger partial charge in [-0.05, 0) is 54.4 Å². The monoisotopic (exact) mass is 474 g/mol. The summed E-state index contributed by atoms with van der Waals surface area (Å²) in [5.41, 5.74) is 5.87. The highest BCUT2D eigenvalue weighted by Gasteiger charge is 2.16. The summed E-state index contributed by atoms with van der Waals surface area (Å²) in [4.78, 5) is 28.4. The molecule has 170 valence electrons. The van der Waals surface area contributed by atoms with Gasteiger partial charge in [-0.15, -0.1) is 11.3 Å². The van der Waals surface area contributed by atoms with Gasteiger partial charge < -0.3 is 10.3 Å². The SMILES string of the molecule is Cc1ccc(-c2nc3[nH]cc(NCc4ccccc4)c(=O)c3cc2-c2ccc3ncccc3c2)s1. The van der Waals surface area contributed by atoms with Gasteiger partial charge in [0.05, 0.1) is 27.2 Å². The molecular formula is C29H22N4OS. The van der Waals surface area contributed by atoms with E-state index in [2.05, 4.69) is 40.4 Å². The molecule has 0 amide bonds. The van der Waals surface area contributed by atoms with E-state index >= 15 is 0 Å². The number of nitrogens with zero attached hydrogens (tertiary/aromatic N) is 2. The number of nitrogens with one attached hydrogen (secondary N) is 2. The molecule has 6 heteroatoms. The standard InChI is InChI=1S/C29H22N4OS/c1-18-9-12-26(35-18)27-22(20-10-11-24-21(14-20)8-5-13-30-24)15-23-28(34)25(17-32-29(23)33-27)31-16-19-6-3-2-4-7-19/h2-15,17,31H,16H2,1H3,(H,32,33,34). The van der Waals surface area contributed by atoms with Gasteiger partial charge in [0.15, 0.2) is 0 Å². The zero-order valence-electron chi connectivity index (χ0n) is 19.1. The molecule has 35 heavy (non-hydrogen) atoms. The molecule has 0 bridgehead atoms. The summed E-state index contributed by atoms with van der Waals surface area (Å²) < 4.78 is 0. The van der Waals surface area contributed by atoms with Crippen molar-refractivity contribution in [1.29, 1.82) is 0 Å². The fraction of sp³-hybridized carbons (Fsp3) is 0.0690. The highest BCUT2D eigenvalue weighted by atomic mass is 32.1. The van der Waals surface area contributed by atoms with Crippen LogP contribution < -0.4 is 10.7 Å². The van der Waals surface area contributed by atoms with Crippen molar-refractivity contribution >= 4 is 39.0 Å². The lowest BCUT2D eigenvalue weighted by molar-refractivity contribution is 1.13. The molecule has 0 atom stereocenters. The lowest BCUT2D eigenvalue weighted by Gasteiger charge is -2.12. The Balaban J connectivity index is 1.51. The third kappa shape index (κ3) is 4.09. The number of rotatable bonds is 5. The van der Waals surface area contributed by atoms with Gasteiger partial charge in [-0.2, -0.15) is 0 Å². The molecule has 0 aliphatic heterocycles. The Bertz CT molecular complexity index is 1740. The van der Waals surface area contributed by atoms with Crippen LogP contribution in [-0.2, 0) is 6.54 Å². The summed E-state index contributed by atoms with van der Waals surface area (Å²) in [6.45, 7) is 2.66. The first kappa shape index (κ1) is 21.3. The van der Waals surface area contributed by atoms with E-state index in [9.17, 15) is 4.79 Å². The fourth-order valence-corrected chi connectivity index (χ4v) is 5.16. The van der Waals surface area contributed by atoms with Gasteiger partial charge in [-0.3, -0.25) is 9.78 Å². The van der Waals surface area contributed by atoms with Gasteiger partial charge in [0, 0.05) is 34.8 Å². The predicted octanol–water partition coefficient (Wildman–Crippen LogP) is 6.79. The zero-order valence-corrected chi connectivity index (χ0v) is 19.9. The van der Waals surface area contributed by atoms with Crippen LogP contribution in [0.25, 0.3) is 43.6 Å². The van der Waals surface area contributed by atoms with Gasteiger partial charge in [-0.1, -0.05) is 42.5 Å². The fourth-order valence-electron chi connectivity index (χ4n) is 4.28. The Morgan fingerprint density at radius 1 is 0.971 bits per heavy atom. The van der Waals surface area contributed by atoms with Crippen molar-refractivity contribution < 1.29 is 0 Å². The van der Waals surface area contributed by atoms with E-state index < -0.39 is 0 Å². The number of aromatic nitrogens is 3. The topological polar surface area (TPSA) is 70.7 Å². The maximum Gasteiger partial charge on any atom is 0.214 e. The number of fused-ring (bicyclic) bond motifs is 2. The minimum atomic E-state index is -0.0696. The van der Waals surface area contributed by atoms with Crippen molar-refractivity contribution in [3.8, 4) is 21.7 Å². The number of aryl methyl sites for hydroxylation is 1. The van der Waals surface area contributed by atoms with E-state index in [0.717, 1.165) is 38.2 Å². The van der Waals surface area contributed by atoms with Crippen molar-refractivity contribution in [2.75, 3.05) is 5.32 Å². The highest BCUT2D eigenvalue weighted by molar-refractivity contribution is 7.15. The van der Waals surface area contributed by atoms with Gasteiger partial charge in [0.1, 0.15) is 5.65 Å². The maximum atomic E-state index is 13.5. The van der Waals surface area contributed by atoms with Crippen molar-refractivity contribution in [2.24, 2.45) is 0 Å². The molecule has 0 saturated heterocycles. The van der Waals surface area contributed by atoms with Crippen LogP contribution in [-0.4, -0.2) is 15.0 Å². The molecule has 6 rings (SSSR count). The van der Waals surface area contributed by atoms with E-state index in [1.807, 2.05) is 60.7 Å². The Morgan fingerprint density at radius 3 is 2.69 bits per heavy atom. The first-order valence-corrected chi connectivity index (χ1v) is 12.2. The number of benzene rings is 2. The van der Waals surface area contributed by atoms with Gasteiger partial charge >= 0.3 is 0 Å². The van der Waals surface area contributed by atoms with Crippen LogP contribution in [0.15, 0.2) is 96.1 Å². The van der Waals surface area contributed by atoms with E-state index in [-0.39, 0.29) is 5.43 Å². The average Bonchev–Trinajstić information content (AvgIpc) is 3.34. The number of anilines is 1. The van der Waals surface area contributed by atoms with Crippen LogP contribution in [0.2, 0.25) is 0 Å². The molecule has 0 fully saturated rings. The molecule has 4 heterocycles. The Labute approximate surface area is 206 Å². The minimum absolute atomic E-state index is 0.0696. The molecular weight excluding hydrogens is 452 g/mol. The van der Waals surface area contributed by atoms with Crippen LogP contribution in [0.3, 0.4) is 0 Å². The molecule has 0 aliphatic rings. The normalized spacial score (nSPS) is 11.2. The molecule has 4 aromatic heterocycles.